The number of carbonyl (C=O) groups excluding carboxylic acids is 2. The molecule has 160 valence electrons. The largest absolute Gasteiger partial charge is 0.455 e. The Kier molecular flexibility index (Phi) is 7.47. The van der Waals surface area contributed by atoms with Crippen LogP contribution >= 0.6 is 11.6 Å². The van der Waals surface area contributed by atoms with Gasteiger partial charge in [-0.1, -0.05) is 11.6 Å². The Morgan fingerprint density at radius 1 is 1.14 bits per heavy atom. The molecule has 0 unspecified atom stereocenters. The zero-order chi connectivity index (χ0) is 20.9. The second kappa shape index (κ2) is 9.86. The summed E-state index contributed by atoms with van der Waals surface area (Å²) < 4.78 is 42.3. The third-order valence-electron chi connectivity index (χ3n) is 4.72. The number of halogens is 1. The molecule has 2 aliphatic heterocycles. The van der Waals surface area contributed by atoms with Gasteiger partial charge in [-0.25, -0.2) is 8.42 Å². The summed E-state index contributed by atoms with van der Waals surface area (Å²) in [7, 11) is -3.73. The van der Waals surface area contributed by atoms with E-state index in [4.69, 9.17) is 25.8 Å². The number of amides is 1. The molecule has 0 atom stereocenters. The summed E-state index contributed by atoms with van der Waals surface area (Å²) in [4.78, 5) is 24.2. The Morgan fingerprint density at radius 3 is 2.48 bits per heavy atom. The van der Waals surface area contributed by atoms with Gasteiger partial charge in [0.25, 0.3) is 5.91 Å². The van der Waals surface area contributed by atoms with Gasteiger partial charge in [-0.2, -0.15) is 4.31 Å². The van der Waals surface area contributed by atoms with Crippen LogP contribution in [-0.4, -0.2) is 70.7 Å². The summed E-state index contributed by atoms with van der Waals surface area (Å²) in [6, 6.07) is 4.08. The summed E-state index contributed by atoms with van der Waals surface area (Å²) >= 11 is 6.10. The number of rotatable bonds is 6. The van der Waals surface area contributed by atoms with Gasteiger partial charge < -0.3 is 19.5 Å². The van der Waals surface area contributed by atoms with Crippen molar-refractivity contribution in [1.29, 1.82) is 0 Å². The maximum Gasteiger partial charge on any atom is 0.309 e. The highest BCUT2D eigenvalue weighted by molar-refractivity contribution is 7.89. The molecule has 0 aromatic heterocycles. The van der Waals surface area contributed by atoms with Crippen LogP contribution in [0, 0.1) is 5.92 Å². The number of carbonyl (C=O) groups is 2. The van der Waals surface area contributed by atoms with E-state index in [1.165, 1.54) is 22.5 Å². The van der Waals surface area contributed by atoms with E-state index in [0.29, 0.717) is 39.3 Å². The average Bonchev–Trinajstić information content (AvgIpc) is 2.74. The van der Waals surface area contributed by atoms with E-state index < -0.39 is 28.5 Å². The van der Waals surface area contributed by atoms with E-state index in [-0.39, 0.29) is 34.6 Å². The van der Waals surface area contributed by atoms with Crippen molar-refractivity contribution < 1.29 is 32.2 Å². The fourth-order valence-electron chi connectivity index (χ4n) is 3.07. The van der Waals surface area contributed by atoms with Crippen molar-refractivity contribution in [2.45, 2.75) is 17.7 Å². The van der Waals surface area contributed by atoms with Gasteiger partial charge >= 0.3 is 5.97 Å². The monoisotopic (exact) mass is 446 g/mol. The lowest BCUT2D eigenvalue weighted by molar-refractivity contribution is -0.154. The van der Waals surface area contributed by atoms with Crippen molar-refractivity contribution in [3.63, 3.8) is 0 Å². The molecule has 2 fully saturated rings. The van der Waals surface area contributed by atoms with Crippen LogP contribution < -0.4 is 5.32 Å². The molecule has 0 radical (unpaired) electrons. The van der Waals surface area contributed by atoms with Crippen molar-refractivity contribution in [2.75, 3.05) is 51.4 Å². The minimum Gasteiger partial charge on any atom is -0.455 e. The number of sulfonamides is 1. The highest BCUT2D eigenvalue weighted by Gasteiger charge is 2.27. The van der Waals surface area contributed by atoms with Crippen LogP contribution in [0.3, 0.4) is 0 Å². The first-order valence-electron chi connectivity index (χ1n) is 9.29. The number of hydrogen-bond acceptors (Lipinski definition) is 7. The molecule has 0 aliphatic carbocycles. The predicted octanol–water partition coefficient (Wildman–Crippen LogP) is 1.27. The maximum atomic E-state index is 12.8. The second-order valence-electron chi connectivity index (χ2n) is 6.70. The van der Waals surface area contributed by atoms with Crippen molar-refractivity contribution in [1.82, 2.24) is 4.31 Å². The summed E-state index contributed by atoms with van der Waals surface area (Å²) in [6.07, 6.45) is 1.13. The Hall–Kier alpha value is -1.72. The summed E-state index contributed by atoms with van der Waals surface area (Å²) in [5, 5.41) is 2.68. The second-order valence-corrected chi connectivity index (χ2v) is 9.05. The number of nitrogens with zero attached hydrogens (tertiary/aromatic N) is 1. The molecule has 3 rings (SSSR count). The first kappa shape index (κ1) is 22.0. The number of morpholine rings is 1. The third-order valence-corrected chi connectivity index (χ3v) is 6.94. The molecule has 0 saturated carbocycles. The normalized spacial score (nSPS) is 18.9. The van der Waals surface area contributed by atoms with Gasteiger partial charge in [-0.15, -0.1) is 0 Å². The lowest BCUT2D eigenvalue weighted by Crippen LogP contribution is -2.40. The number of hydrogen-bond donors (Lipinski definition) is 1. The first-order valence-corrected chi connectivity index (χ1v) is 11.1. The maximum absolute atomic E-state index is 12.8. The smallest absolute Gasteiger partial charge is 0.309 e. The van der Waals surface area contributed by atoms with E-state index >= 15 is 0 Å². The van der Waals surface area contributed by atoms with E-state index in [2.05, 4.69) is 5.32 Å². The highest BCUT2D eigenvalue weighted by atomic mass is 35.5. The van der Waals surface area contributed by atoms with Gasteiger partial charge in [-0.05, 0) is 31.0 Å². The van der Waals surface area contributed by atoms with Crippen molar-refractivity contribution in [3.8, 4) is 0 Å². The van der Waals surface area contributed by atoms with Gasteiger partial charge in [0.1, 0.15) is 0 Å². The average molecular weight is 447 g/mol. The molecule has 1 aromatic carbocycles. The minimum atomic E-state index is -3.73. The van der Waals surface area contributed by atoms with Crippen LogP contribution in [0.15, 0.2) is 23.1 Å². The molecule has 2 saturated heterocycles. The molecule has 11 heteroatoms. The van der Waals surface area contributed by atoms with Crippen molar-refractivity contribution >= 4 is 39.2 Å². The highest BCUT2D eigenvalue weighted by Crippen LogP contribution is 2.27. The molecule has 29 heavy (non-hydrogen) atoms. The molecule has 1 N–H and O–H groups in total. The molecule has 2 aliphatic rings. The van der Waals surface area contributed by atoms with Crippen LogP contribution in [0.2, 0.25) is 5.02 Å². The van der Waals surface area contributed by atoms with Crippen LogP contribution in [0.5, 0.6) is 0 Å². The summed E-state index contributed by atoms with van der Waals surface area (Å²) in [6.45, 7) is 1.68. The fraction of sp³-hybridized carbons (Fsp3) is 0.556. The Bertz CT molecular complexity index is 850. The van der Waals surface area contributed by atoms with E-state index in [1.807, 2.05) is 0 Å². The van der Waals surface area contributed by atoms with Gasteiger partial charge in [0, 0.05) is 26.3 Å². The van der Waals surface area contributed by atoms with Gasteiger partial charge in [0.2, 0.25) is 10.0 Å². The van der Waals surface area contributed by atoms with E-state index in [9.17, 15) is 18.0 Å². The summed E-state index contributed by atoms with van der Waals surface area (Å²) in [5.74, 6) is -1.33. The lowest BCUT2D eigenvalue weighted by atomic mass is 10.0. The SMILES string of the molecule is O=C(COC(=O)C1CCOCC1)Nc1cc(S(=O)(=O)N2CCOCC2)ccc1Cl. The predicted molar refractivity (Wildman–Crippen MR) is 104 cm³/mol. The van der Waals surface area contributed by atoms with E-state index in [1.54, 1.807) is 0 Å². The molecule has 0 bridgehead atoms. The lowest BCUT2D eigenvalue weighted by Gasteiger charge is -2.26. The molecular weight excluding hydrogens is 424 g/mol. The number of nitrogens with one attached hydrogen (secondary N) is 1. The Morgan fingerprint density at radius 2 is 1.79 bits per heavy atom. The van der Waals surface area contributed by atoms with Crippen LogP contribution in [0.1, 0.15) is 12.8 Å². The molecule has 0 spiro atoms. The fourth-order valence-corrected chi connectivity index (χ4v) is 4.67. The first-order chi connectivity index (χ1) is 13.9. The number of anilines is 1. The Labute approximate surface area is 174 Å². The number of esters is 1. The van der Waals surface area contributed by atoms with Crippen molar-refractivity contribution in [3.05, 3.63) is 23.2 Å². The van der Waals surface area contributed by atoms with Crippen LogP contribution in [0.4, 0.5) is 5.69 Å². The molecular formula is C18H23ClN2O7S. The standard InChI is InChI=1S/C18H23ClN2O7S/c19-15-2-1-14(29(24,25)21-5-9-27-10-6-21)11-16(15)20-17(22)12-28-18(23)13-3-7-26-8-4-13/h1-2,11,13H,3-10,12H2,(H,20,22). The summed E-state index contributed by atoms with van der Waals surface area (Å²) in [5.41, 5.74) is 0.133. The molecule has 2 heterocycles. The van der Waals surface area contributed by atoms with Gasteiger partial charge in [0.05, 0.1) is 34.7 Å². The molecule has 1 amide bonds. The minimum absolute atomic E-state index is 0.0123. The van der Waals surface area contributed by atoms with Gasteiger partial charge in [-0.3, -0.25) is 9.59 Å². The Balaban J connectivity index is 1.62. The zero-order valence-electron chi connectivity index (χ0n) is 15.8. The quantitative estimate of drug-likeness (QED) is 0.655. The number of benzene rings is 1. The van der Waals surface area contributed by atoms with Gasteiger partial charge in [0.15, 0.2) is 6.61 Å². The van der Waals surface area contributed by atoms with Crippen LogP contribution in [0.25, 0.3) is 0 Å². The zero-order valence-corrected chi connectivity index (χ0v) is 17.3. The van der Waals surface area contributed by atoms with Crippen LogP contribution in [-0.2, 0) is 33.8 Å². The molecule has 9 nitrogen and oxygen atoms in total. The number of ether oxygens (including phenoxy) is 3. The topological polar surface area (TPSA) is 111 Å². The van der Waals surface area contributed by atoms with E-state index in [0.717, 1.165) is 0 Å². The van der Waals surface area contributed by atoms with Crippen molar-refractivity contribution in [2.24, 2.45) is 5.92 Å². The third kappa shape index (κ3) is 5.67. The molecule has 1 aromatic rings.